The van der Waals surface area contributed by atoms with E-state index in [1.165, 1.54) is 5.56 Å². The molecule has 0 radical (unpaired) electrons. The number of rotatable bonds is 8. The highest BCUT2D eigenvalue weighted by molar-refractivity contribution is 5.66. The number of benzene rings is 1. The van der Waals surface area contributed by atoms with E-state index in [2.05, 4.69) is 24.1 Å². The molecule has 1 aromatic carbocycles. The second-order valence-electron chi connectivity index (χ2n) is 4.89. The fraction of sp³-hybridized carbons (Fsp3) is 0.533. The SMILES string of the molecule is COc1ccc(CN(C)CCCCC(=O)O)cc1C. The molecule has 106 valence electrons. The second kappa shape index (κ2) is 7.79. The Balaban J connectivity index is 2.37. The number of methoxy groups -OCH3 is 1. The Bertz CT molecular complexity index is 418. The number of carboxylic acids is 1. The van der Waals surface area contributed by atoms with Crippen molar-refractivity contribution in [3.8, 4) is 5.75 Å². The van der Waals surface area contributed by atoms with Gasteiger partial charge in [0, 0.05) is 13.0 Å². The largest absolute Gasteiger partial charge is 0.496 e. The zero-order chi connectivity index (χ0) is 14.3. The van der Waals surface area contributed by atoms with Crippen LogP contribution >= 0.6 is 0 Å². The first-order chi connectivity index (χ1) is 9.02. The highest BCUT2D eigenvalue weighted by Gasteiger charge is 2.04. The molecule has 0 saturated heterocycles. The van der Waals surface area contributed by atoms with Gasteiger partial charge < -0.3 is 14.7 Å². The summed E-state index contributed by atoms with van der Waals surface area (Å²) in [7, 11) is 3.73. The fourth-order valence-corrected chi connectivity index (χ4v) is 2.09. The molecule has 0 spiro atoms. The first kappa shape index (κ1) is 15.5. The first-order valence-electron chi connectivity index (χ1n) is 6.56. The molecule has 4 nitrogen and oxygen atoms in total. The van der Waals surface area contributed by atoms with E-state index >= 15 is 0 Å². The van der Waals surface area contributed by atoms with E-state index in [0.717, 1.165) is 37.2 Å². The normalized spacial score (nSPS) is 10.7. The van der Waals surface area contributed by atoms with Crippen molar-refractivity contribution in [3.63, 3.8) is 0 Å². The predicted molar refractivity (Wildman–Crippen MR) is 75.6 cm³/mol. The third kappa shape index (κ3) is 5.75. The number of unbranched alkanes of at least 4 members (excludes halogenated alkanes) is 1. The van der Waals surface area contributed by atoms with Crippen molar-refractivity contribution in [2.24, 2.45) is 0 Å². The minimum Gasteiger partial charge on any atom is -0.496 e. The molecule has 0 heterocycles. The maximum atomic E-state index is 10.4. The van der Waals surface area contributed by atoms with Gasteiger partial charge in [-0.15, -0.1) is 0 Å². The Morgan fingerprint density at radius 3 is 2.68 bits per heavy atom. The van der Waals surface area contributed by atoms with E-state index < -0.39 is 5.97 Å². The summed E-state index contributed by atoms with van der Waals surface area (Å²) in [5, 5.41) is 8.57. The quantitative estimate of drug-likeness (QED) is 0.734. The fourth-order valence-electron chi connectivity index (χ4n) is 2.09. The summed E-state index contributed by atoms with van der Waals surface area (Å²) in [5.74, 6) is 0.196. The van der Waals surface area contributed by atoms with Gasteiger partial charge >= 0.3 is 5.97 Å². The van der Waals surface area contributed by atoms with E-state index in [0.29, 0.717) is 0 Å². The Kier molecular flexibility index (Phi) is 6.36. The van der Waals surface area contributed by atoms with Crippen LogP contribution in [-0.4, -0.2) is 36.7 Å². The molecule has 4 heteroatoms. The lowest BCUT2D eigenvalue weighted by Gasteiger charge is -2.17. The Labute approximate surface area is 115 Å². The van der Waals surface area contributed by atoms with Crippen LogP contribution in [0.2, 0.25) is 0 Å². The maximum absolute atomic E-state index is 10.4. The zero-order valence-electron chi connectivity index (χ0n) is 12.0. The van der Waals surface area contributed by atoms with Crippen molar-refractivity contribution in [1.82, 2.24) is 4.90 Å². The third-order valence-corrected chi connectivity index (χ3v) is 3.09. The molecule has 0 aromatic heterocycles. The molecule has 19 heavy (non-hydrogen) atoms. The molecule has 0 fully saturated rings. The molecule has 1 rings (SSSR count). The lowest BCUT2D eigenvalue weighted by Crippen LogP contribution is -2.19. The summed E-state index contributed by atoms with van der Waals surface area (Å²) in [4.78, 5) is 12.6. The van der Waals surface area contributed by atoms with Crippen LogP contribution in [0.3, 0.4) is 0 Å². The molecular weight excluding hydrogens is 242 g/mol. The van der Waals surface area contributed by atoms with Crippen molar-refractivity contribution in [3.05, 3.63) is 29.3 Å². The average molecular weight is 265 g/mol. The van der Waals surface area contributed by atoms with Crippen molar-refractivity contribution < 1.29 is 14.6 Å². The lowest BCUT2D eigenvalue weighted by molar-refractivity contribution is -0.137. The van der Waals surface area contributed by atoms with Crippen LogP contribution in [0.4, 0.5) is 0 Å². The van der Waals surface area contributed by atoms with Crippen molar-refractivity contribution in [2.45, 2.75) is 32.7 Å². The molecule has 0 unspecified atom stereocenters. The van der Waals surface area contributed by atoms with Gasteiger partial charge in [0.2, 0.25) is 0 Å². The summed E-state index contributed by atoms with van der Waals surface area (Å²) in [6, 6.07) is 6.19. The monoisotopic (exact) mass is 265 g/mol. The van der Waals surface area contributed by atoms with Gasteiger partial charge in [-0.2, -0.15) is 0 Å². The van der Waals surface area contributed by atoms with Crippen LogP contribution in [0, 0.1) is 6.92 Å². The van der Waals surface area contributed by atoms with Gasteiger partial charge in [0.1, 0.15) is 5.75 Å². The number of carbonyl (C=O) groups is 1. The molecular formula is C15H23NO3. The molecule has 0 bridgehead atoms. The Hall–Kier alpha value is -1.55. The number of carboxylic acid groups (broad SMARTS) is 1. The molecule has 0 amide bonds. The van der Waals surface area contributed by atoms with Crippen LogP contribution in [-0.2, 0) is 11.3 Å². The minimum atomic E-state index is -0.714. The topological polar surface area (TPSA) is 49.8 Å². The summed E-state index contributed by atoms with van der Waals surface area (Å²) < 4.78 is 5.24. The van der Waals surface area contributed by atoms with E-state index in [4.69, 9.17) is 9.84 Å². The second-order valence-corrected chi connectivity index (χ2v) is 4.89. The van der Waals surface area contributed by atoms with Crippen molar-refractivity contribution in [1.29, 1.82) is 0 Å². The summed E-state index contributed by atoms with van der Waals surface area (Å²) in [6.07, 6.45) is 1.91. The smallest absolute Gasteiger partial charge is 0.303 e. The van der Waals surface area contributed by atoms with Gasteiger partial charge in [0.25, 0.3) is 0 Å². The maximum Gasteiger partial charge on any atom is 0.303 e. The molecule has 0 atom stereocenters. The van der Waals surface area contributed by atoms with Crippen LogP contribution < -0.4 is 4.74 Å². The van der Waals surface area contributed by atoms with Gasteiger partial charge in [0.15, 0.2) is 0 Å². The summed E-state index contributed by atoms with van der Waals surface area (Å²) in [5.41, 5.74) is 2.39. The van der Waals surface area contributed by atoms with E-state index in [9.17, 15) is 4.79 Å². The summed E-state index contributed by atoms with van der Waals surface area (Å²) >= 11 is 0. The highest BCUT2D eigenvalue weighted by Crippen LogP contribution is 2.19. The standard InChI is InChI=1S/C15H23NO3/c1-12-10-13(7-8-14(12)19-3)11-16(2)9-5-4-6-15(17)18/h7-8,10H,4-6,9,11H2,1-3H3,(H,17,18). The number of hydrogen-bond acceptors (Lipinski definition) is 3. The number of hydrogen-bond donors (Lipinski definition) is 1. The van der Waals surface area contributed by atoms with E-state index in [1.807, 2.05) is 13.0 Å². The van der Waals surface area contributed by atoms with Gasteiger partial charge in [-0.05, 0) is 50.6 Å². The Morgan fingerprint density at radius 2 is 2.11 bits per heavy atom. The minimum absolute atomic E-state index is 0.259. The zero-order valence-corrected chi connectivity index (χ0v) is 12.0. The molecule has 1 aromatic rings. The van der Waals surface area contributed by atoms with Crippen molar-refractivity contribution in [2.75, 3.05) is 20.7 Å². The number of ether oxygens (including phenoxy) is 1. The van der Waals surface area contributed by atoms with Crippen LogP contribution in [0.5, 0.6) is 5.75 Å². The predicted octanol–water partition coefficient (Wildman–Crippen LogP) is 2.69. The van der Waals surface area contributed by atoms with Crippen LogP contribution in [0.1, 0.15) is 30.4 Å². The number of aryl methyl sites for hydroxylation is 1. The Morgan fingerprint density at radius 1 is 1.37 bits per heavy atom. The van der Waals surface area contributed by atoms with Gasteiger partial charge in [-0.1, -0.05) is 12.1 Å². The van der Waals surface area contributed by atoms with Gasteiger partial charge in [-0.25, -0.2) is 0 Å². The first-order valence-corrected chi connectivity index (χ1v) is 6.56. The van der Waals surface area contributed by atoms with E-state index in [1.54, 1.807) is 7.11 Å². The number of aliphatic carboxylic acids is 1. The number of nitrogens with zero attached hydrogens (tertiary/aromatic N) is 1. The van der Waals surface area contributed by atoms with Crippen LogP contribution in [0.25, 0.3) is 0 Å². The summed E-state index contributed by atoms with van der Waals surface area (Å²) in [6.45, 7) is 3.82. The highest BCUT2D eigenvalue weighted by atomic mass is 16.5. The molecule has 0 aliphatic heterocycles. The molecule has 0 saturated carbocycles. The average Bonchev–Trinajstić information content (AvgIpc) is 2.35. The molecule has 0 aliphatic rings. The van der Waals surface area contributed by atoms with E-state index in [-0.39, 0.29) is 6.42 Å². The van der Waals surface area contributed by atoms with Gasteiger partial charge in [-0.3, -0.25) is 4.79 Å². The molecule has 0 aliphatic carbocycles. The van der Waals surface area contributed by atoms with Crippen molar-refractivity contribution >= 4 is 5.97 Å². The third-order valence-electron chi connectivity index (χ3n) is 3.09. The lowest BCUT2D eigenvalue weighted by atomic mass is 10.1. The van der Waals surface area contributed by atoms with Gasteiger partial charge in [0.05, 0.1) is 7.11 Å². The van der Waals surface area contributed by atoms with Crippen LogP contribution in [0.15, 0.2) is 18.2 Å². The molecule has 1 N–H and O–H groups in total.